The molecule has 8 heteroatoms. The van der Waals surface area contributed by atoms with Crippen molar-refractivity contribution in [1.29, 1.82) is 0 Å². The van der Waals surface area contributed by atoms with Crippen molar-refractivity contribution < 1.29 is 14.7 Å². The molecule has 0 bridgehead atoms. The molecule has 1 heterocycles. The minimum absolute atomic E-state index is 0.0631. The van der Waals surface area contributed by atoms with Gasteiger partial charge in [0.1, 0.15) is 0 Å². The van der Waals surface area contributed by atoms with Gasteiger partial charge in [-0.15, -0.1) is 11.8 Å². The van der Waals surface area contributed by atoms with Crippen LogP contribution in [0.1, 0.15) is 0 Å². The van der Waals surface area contributed by atoms with E-state index in [1.165, 1.54) is 11.3 Å². The monoisotopic (exact) mass is 359 g/mol. The van der Waals surface area contributed by atoms with Gasteiger partial charge in [0, 0.05) is 10.2 Å². The number of thiazole rings is 1. The predicted molar refractivity (Wildman–Crippen MR) is 78.3 cm³/mol. The molecule has 0 spiro atoms. The van der Waals surface area contributed by atoms with Crippen molar-refractivity contribution >= 4 is 66.3 Å². The van der Waals surface area contributed by atoms with Crippen LogP contribution in [0.15, 0.2) is 22.7 Å². The second kappa shape index (κ2) is 6.36. The van der Waals surface area contributed by atoms with E-state index in [9.17, 15) is 14.7 Å². The van der Waals surface area contributed by atoms with E-state index >= 15 is 0 Å². The van der Waals surface area contributed by atoms with E-state index in [0.29, 0.717) is 5.13 Å². The number of thioether (sulfide) groups is 1. The highest BCUT2D eigenvalue weighted by Crippen LogP contribution is 2.28. The molecule has 2 aromatic rings. The Morgan fingerprint density at radius 2 is 2.21 bits per heavy atom. The standard InChI is InChI=1S/C11H9BrN2O3S2/c12-6-1-2-7-8(3-6)19-11(13-7)14-9(15)4-18-5-10(16)17/h1-3H,4-5H2,(H,16,17)(H,13,14,15)/p-1. The zero-order valence-electron chi connectivity index (χ0n) is 9.51. The van der Waals surface area contributed by atoms with Crippen molar-refractivity contribution in [3.63, 3.8) is 0 Å². The number of nitrogens with one attached hydrogen (secondary N) is 1. The number of rotatable bonds is 5. The number of nitrogens with zero attached hydrogens (tertiary/aromatic N) is 1. The number of hydrogen-bond donors (Lipinski definition) is 1. The van der Waals surface area contributed by atoms with Crippen molar-refractivity contribution in [3.05, 3.63) is 22.7 Å². The molecule has 2 rings (SSSR count). The summed E-state index contributed by atoms with van der Waals surface area (Å²) in [5.74, 6) is -1.58. The van der Waals surface area contributed by atoms with E-state index in [4.69, 9.17) is 0 Å². The van der Waals surface area contributed by atoms with Crippen LogP contribution in [-0.2, 0) is 9.59 Å². The van der Waals surface area contributed by atoms with Gasteiger partial charge in [0.25, 0.3) is 0 Å². The number of carboxylic acid groups (broad SMARTS) is 1. The van der Waals surface area contributed by atoms with Crippen LogP contribution >= 0.6 is 39.0 Å². The van der Waals surface area contributed by atoms with E-state index < -0.39 is 5.97 Å². The molecule has 1 N–H and O–H groups in total. The third-order valence-corrected chi connectivity index (χ3v) is 4.38. The maximum Gasteiger partial charge on any atom is 0.236 e. The quantitative estimate of drug-likeness (QED) is 0.874. The molecule has 5 nitrogen and oxygen atoms in total. The van der Waals surface area contributed by atoms with Gasteiger partial charge >= 0.3 is 0 Å². The molecule has 0 aliphatic rings. The number of halogens is 1. The zero-order valence-corrected chi connectivity index (χ0v) is 12.7. The number of hydrogen-bond acceptors (Lipinski definition) is 6. The molecular weight excluding hydrogens is 352 g/mol. The van der Waals surface area contributed by atoms with Crippen LogP contribution in [0.25, 0.3) is 10.2 Å². The molecule has 1 amide bonds. The Bertz CT molecular complexity index is 629. The maximum absolute atomic E-state index is 11.5. The van der Waals surface area contributed by atoms with Crippen LogP contribution in [0.5, 0.6) is 0 Å². The van der Waals surface area contributed by atoms with Crippen molar-refractivity contribution in [2.45, 2.75) is 0 Å². The Morgan fingerprint density at radius 3 is 2.95 bits per heavy atom. The van der Waals surface area contributed by atoms with E-state index in [0.717, 1.165) is 26.5 Å². The molecule has 1 aromatic heterocycles. The summed E-state index contributed by atoms with van der Waals surface area (Å²) in [7, 11) is 0. The molecule has 0 atom stereocenters. The first kappa shape index (κ1) is 14.3. The van der Waals surface area contributed by atoms with E-state index in [1.54, 1.807) is 0 Å². The average molecular weight is 360 g/mol. The number of carbonyl (C=O) groups excluding carboxylic acids is 2. The Kier molecular flexibility index (Phi) is 4.78. The molecule has 0 radical (unpaired) electrons. The number of amides is 1. The van der Waals surface area contributed by atoms with E-state index in [2.05, 4.69) is 26.2 Å². The third-order valence-electron chi connectivity index (χ3n) is 2.05. The molecule has 0 fully saturated rings. The minimum atomic E-state index is -1.18. The number of carbonyl (C=O) groups is 2. The normalized spacial score (nSPS) is 10.6. The Morgan fingerprint density at radius 1 is 1.42 bits per heavy atom. The zero-order chi connectivity index (χ0) is 13.8. The molecule has 100 valence electrons. The molecule has 0 aliphatic carbocycles. The highest BCUT2D eigenvalue weighted by Gasteiger charge is 2.08. The number of fused-ring (bicyclic) bond motifs is 1. The van der Waals surface area contributed by atoms with Crippen molar-refractivity contribution in [2.75, 3.05) is 16.8 Å². The van der Waals surface area contributed by atoms with Crippen LogP contribution < -0.4 is 10.4 Å². The number of benzene rings is 1. The predicted octanol–water partition coefficient (Wildman–Crippen LogP) is 1.48. The summed E-state index contributed by atoms with van der Waals surface area (Å²) in [5.41, 5.74) is 0.811. The summed E-state index contributed by atoms with van der Waals surface area (Å²) in [6.07, 6.45) is 0. The van der Waals surface area contributed by atoms with Crippen LogP contribution in [-0.4, -0.2) is 28.4 Å². The lowest BCUT2D eigenvalue weighted by Crippen LogP contribution is -2.25. The smallest absolute Gasteiger partial charge is 0.236 e. The lowest BCUT2D eigenvalue weighted by atomic mass is 10.3. The fourth-order valence-electron chi connectivity index (χ4n) is 1.33. The van der Waals surface area contributed by atoms with Crippen molar-refractivity contribution in [1.82, 2.24) is 4.98 Å². The summed E-state index contributed by atoms with van der Waals surface area (Å²) in [6, 6.07) is 5.66. The van der Waals surface area contributed by atoms with Crippen LogP contribution in [0.4, 0.5) is 5.13 Å². The molecule has 1 aromatic carbocycles. The second-order valence-electron chi connectivity index (χ2n) is 3.54. The van der Waals surface area contributed by atoms with Gasteiger partial charge in [-0.1, -0.05) is 27.3 Å². The first-order valence-electron chi connectivity index (χ1n) is 5.18. The molecule has 0 unspecified atom stereocenters. The first-order chi connectivity index (χ1) is 9.04. The molecule has 0 saturated heterocycles. The Balaban J connectivity index is 1.97. The number of aromatic nitrogens is 1. The van der Waals surface area contributed by atoms with E-state index in [1.807, 2.05) is 18.2 Å². The summed E-state index contributed by atoms with van der Waals surface area (Å²) in [4.78, 5) is 26.0. The summed E-state index contributed by atoms with van der Waals surface area (Å²) in [6.45, 7) is 0. The Labute approximate surface area is 125 Å². The van der Waals surface area contributed by atoms with Crippen LogP contribution in [0, 0.1) is 0 Å². The molecular formula is C11H8BrN2O3S2-. The lowest BCUT2D eigenvalue weighted by Gasteiger charge is -2.02. The maximum atomic E-state index is 11.5. The molecule has 19 heavy (non-hydrogen) atoms. The van der Waals surface area contributed by atoms with Gasteiger partial charge in [-0.2, -0.15) is 0 Å². The van der Waals surface area contributed by atoms with Crippen LogP contribution in [0.3, 0.4) is 0 Å². The number of anilines is 1. The van der Waals surface area contributed by atoms with Gasteiger partial charge in [0.05, 0.1) is 21.9 Å². The van der Waals surface area contributed by atoms with Gasteiger partial charge in [-0.25, -0.2) is 4.98 Å². The van der Waals surface area contributed by atoms with Gasteiger partial charge in [-0.3, -0.25) is 4.79 Å². The molecule has 0 aliphatic heterocycles. The van der Waals surface area contributed by atoms with E-state index in [-0.39, 0.29) is 17.4 Å². The lowest BCUT2D eigenvalue weighted by molar-refractivity contribution is -0.301. The topological polar surface area (TPSA) is 82.1 Å². The number of aliphatic carboxylic acids is 1. The summed E-state index contributed by atoms with van der Waals surface area (Å²) >= 11 is 5.73. The highest BCUT2D eigenvalue weighted by atomic mass is 79.9. The van der Waals surface area contributed by atoms with Gasteiger partial charge in [0.2, 0.25) is 5.91 Å². The minimum Gasteiger partial charge on any atom is -0.549 e. The molecule has 0 saturated carbocycles. The summed E-state index contributed by atoms with van der Waals surface area (Å²) < 4.78 is 1.91. The van der Waals surface area contributed by atoms with Gasteiger partial charge < -0.3 is 15.2 Å². The second-order valence-corrected chi connectivity index (χ2v) is 6.48. The van der Waals surface area contributed by atoms with Gasteiger partial charge in [-0.05, 0) is 18.2 Å². The average Bonchev–Trinajstić information content (AvgIpc) is 2.69. The largest absolute Gasteiger partial charge is 0.549 e. The fourth-order valence-corrected chi connectivity index (χ4v) is 3.29. The number of carboxylic acids is 1. The van der Waals surface area contributed by atoms with Crippen molar-refractivity contribution in [2.24, 2.45) is 0 Å². The third kappa shape index (κ3) is 4.19. The summed E-state index contributed by atoms with van der Waals surface area (Å²) in [5, 5.41) is 13.4. The highest BCUT2D eigenvalue weighted by molar-refractivity contribution is 9.10. The first-order valence-corrected chi connectivity index (χ1v) is 7.94. The fraction of sp³-hybridized carbons (Fsp3) is 0.182. The van der Waals surface area contributed by atoms with Crippen molar-refractivity contribution in [3.8, 4) is 0 Å². The SMILES string of the molecule is O=C([O-])CSCC(=O)Nc1nc2ccc(Br)cc2s1. The Hall–Kier alpha value is -1.12. The van der Waals surface area contributed by atoms with Gasteiger partial charge in [0.15, 0.2) is 5.13 Å². The van der Waals surface area contributed by atoms with Crippen LogP contribution in [0.2, 0.25) is 0 Å².